The van der Waals surface area contributed by atoms with Gasteiger partial charge in [-0.05, 0) is 19.9 Å². The Morgan fingerprint density at radius 3 is 2.66 bits per heavy atom. The van der Waals surface area contributed by atoms with Crippen LogP contribution in [0.15, 0.2) is 51.5 Å². The van der Waals surface area contributed by atoms with E-state index in [0.717, 1.165) is 17.0 Å². The average Bonchev–Trinajstić information content (AvgIpc) is 3.39. The number of nitrogens with zero attached hydrogens (tertiary/aromatic N) is 4. The van der Waals surface area contributed by atoms with Crippen molar-refractivity contribution >= 4 is 34.5 Å². The van der Waals surface area contributed by atoms with Crippen LogP contribution in [-0.2, 0) is 21.4 Å². The summed E-state index contributed by atoms with van der Waals surface area (Å²) in [7, 11) is 3.08. The van der Waals surface area contributed by atoms with Gasteiger partial charge in [-0.25, -0.2) is 9.79 Å². The molecule has 0 radical (unpaired) electrons. The lowest BCUT2D eigenvalue weighted by Gasteiger charge is -2.23. The Bertz CT molecular complexity index is 1540. The van der Waals surface area contributed by atoms with Gasteiger partial charge in [0.25, 0.3) is 11.5 Å². The second-order valence-corrected chi connectivity index (χ2v) is 8.56. The zero-order valence-corrected chi connectivity index (χ0v) is 18.6. The number of esters is 1. The molecule has 5 rings (SSSR count). The maximum Gasteiger partial charge on any atom is 0.338 e. The normalized spacial score (nSPS) is 18.8. The molecule has 1 N–H and O–H groups in total. The van der Waals surface area contributed by atoms with E-state index in [-0.39, 0.29) is 16.0 Å². The number of aromatic nitrogens is 3. The Labute approximate surface area is 186 Å². The van der Waals surface area contributed by atoms with Crippen LogP contribution in [-0.4, -0.2) is 33.3 Å². The highest BCUT2D eigenvalue weighted by atomic mass is 32.1. The van der Waals surface area contributed by atoms with Gasteiger partial charge in [-0.3, -0.25) is 18.8 Å². The predicted octanol–water partition coefficient (Wildman–Crippen LogP) is 0.772. The molecule has 4 heterocycles. The first-order valence-corrected chi connectivity index (χ1v) is 10.7. The monoisotopic (exact) mass is 449 g/mol. The van der Waals surface area contributed by atoms with Crippen molar-refractivity contribution in [1.82, 2.24) is 14.3 Å². The summed E-state index contributed by atoms with van der Waals surface area (Å²) in [6.45, 7) is 3.58. The second kappa shape index (κ2) is 7.13. The van der Waals surface area contributed by atoms with Gasteiger partial charge in [0.1, 0.15) is 10.6 Å². The molecule has 0 aliphatic carbocycles. The molecule has 2 aliphatic rings. The van der Waals surface area contributed by atoms with Gasteiger partial charge in [-0.2, -0.15) is 5.10 Å². The molecular weight excluding hydrogens is 430 g/mol. The molecule has 0 bridgehead atoms. The van der Waals surface area contributed by atoms with Gasteiger partial charge in [-0.15, -0.1) is 0 Å². The Kier molecular flexibility index (Phi) is 4.48. The lowest BCUT2D eigenvalue weighted by Crippen LogP contribution is -2.40. The smallest absolute Gasteiger partial charge is 0.338 e. The molecule has 9 nitrogen and oxygen atoms in total. The van der Waals surface area contributed by atoms with Crippen molar-refractivity contribution in [3.63, 3.8) is 0 Å². The maximum absolute atomic E-state index is 13.7. The number of carbonyl (C=O) groups is 2. The number of hydrogen-bond donors (Lipinski definition) is 1. The van der Waals surface area contributed by atoms with Gasteiger partial charge in [0, 0.05) is 29.6 Å². The summed E-state index contributed by atoms with van der Waals surface area (Å²) in [6.07, 6.45) is 1.64. The number of aryl methyl sites for hydroxylation is 1. The number of ether oxygens (including phenoxy) is 1. The highest BCUT2D eigenvalue weighted by Gasteiger charge is 2.36. The van der Waals surface area contributed by atoms with E-state index in [1.165, 1.54) is 11.7 Å². The molecule has 10 heteroatoms. The van der Waals surface area contributed by atoms with E-state index in [1.807, 2.05) is 19.1 Å². The van der Waals surface area contributed by atoms with Crippen molar-refractivity contribution in [3.8, 4) is 0 Å². The minimum absolute atomic E-state index is 0.267. The van der Waals surface area contributed by atoms with E-state index >= 15 is 0 Å². The molecule has 3 aromatic rings. The van der Waals surface area contributed by atoms with E-state index in [1.54, 1.807) is 37.0 Å². The number of hydrogen-bond acceptors (Lipinski definition) is 7. The second-order valence-electron chi connectivity index (χ2n) is 7.58. The Morgan fingerprint density at radius 1 is 1.22 bits per heavy atom. The van der Waals surface area contributed by atoms with Crippen LogP contribution >= 0.6 is 11.3 Å². The number of carbonyl (C=O) groups excluding carboxylic acids is 2. The lowest BCUT2D eigenvalue weighted by atomic mass is 9.96. The molecule has 0 saturated carbocycles. The quantitative estimate of drug-likeness (QED) is 0.582. The standard InChI is InChI=1S/C22H19N5O4S/c1-10-15(21(30)31-4)17(13-9-23-26(3)11(13)2)27-20(29)18(32-22(27)24-10)16-12-7-5-6-8-14(12)25-19(16)28/h5-9,17H,1-4H3,(H,25,28)/b18-16-/t17-/m0/s1. The van der Waals surface area contributed by atoms with Crippen molar-refractivity contribution in [3.05, 3.63) is 78.2 Å². The first-order chi connectivity index (χ1) is 15.3. The zero-order valence-electron chi connectivity index (χ0n) is 17.8. The topological polar surface area (TPSA) is 108 Å². The van der Waals surface area contributed by atoms with Crippen LogP contribution in [0.5, 0.6) is 0 Å². The molecule has 0 spiro atoms. The van der Waals surface area contributed by atoms with Gasteiger partial charge in [0.05, 0.1) is 30.1 Å². The summed E-state index contributed by atoms with van der Waals surface area (Å²) >= 11 is 1.14. The van der Waals surface area contributed by atoms with Crippen molar-refractivity contribution in [2.45, 2.75) is 19.9 Å². The van der Waals surface area contributed by atoms with Crippen molar-refractivity contribution in [2.75, 3.05) is 12.4 Å². The van der Waals surface area contributed by atoms with E-state index in [9.17, 15) is 14.4 Å². The van der Waals surface area contributed by atoms with Crippen LogP contribution in [0.25, 0.3) is 5.57 Å². The molecule has 32 heavy (non-hydrogen) atoms. The van der Waals surface area contributed by atoms with E-state index in [0.29, 0.717) is 32.9 Å². The third-order valence-electron chi connectivity index (χ3n) is 5.87. The van der Waals surface area contributed by atoms with E-state index < -0.39 is 17.6 Å². The molecule has 0 fully saturated rings. The molecule has 1 amide bonds. The van der Waals surface area contributed by atoms with E-state index in [2.05, 4.69) is 15.4 Å². The molecule has 0 unspecified atom stereocenters. The first-order valence-electron chi connectivity index (χ1n) is 9.86. The summed E-state index contributed by atoms with van der Waals surface area (Å²) < 4.78 is 8.43. The number of allylic oxidation sites excluding steroid dienone is 1. The number of methoxy groups -OCH3 is 1. The van der Waals surface area contributed by atoms with E-state index in [4.69, 9.17) is 4.74 Å². The predicted molar refractivity (Wildman–Crippen MR) is 118 cm³/mol. The minimum Gasteiger partial charge on any atom is -0.466 e. The number of para-hydroxylation sites is 1. The van der Waals surface area contributed by atoms with Crippen LogP contribution in [0.1, 0.15) is 29.8 Å². The summed E-state index contributed by atoms with van der Waals surface area (Å²) in [6, 6.07) is 6.47. The van der Waals surface area contributed by atoms with Gasteiger partial charge < -0.3 is 10.1 Å². The van der Waals surface area contributed by atoms with Gasteiger partial charge in [0.15, 0.2) is 4.80 Å². The summed E-state index contributed by atoms with van der Waals surface area (Å²) in [5, 5.41) is 7.10. The van der Waals surface area contributed by atoms with Crippen molar-refractivity contribution < 1.29 is 14.3 Å². The number of benzene rings is 1. The molecule has 2 aliphatic heterocycles. The van der Waals surface area contributed by atoms with Gasteiger partial charge in [0.2, 0.25) is 0 Å². The molecule has 1 atom stereocenters. The molecule has 0 saturated heterocycles. The number of fused-ring (bicyclic) bond motifs is 2. The van der Waals surface area contributed by atoms with Crippen LogP contribution in [0.3, 0.4) is 0 Å². The summed E-state index contributed by atoms with van der Waals surface area (Å²) in [5.74, 6) is -0.907. The van der Waals surface area contributed by atoms with Crippen LogP contribution in [0, 0.1) is 6.92 Å². The molecular formula is C22H19N5O4S. The fourth-order valence-corrected chi connectivity index (χ4v) is 5.31. The van der Waals surface area contributed by atoms with Crippen LogP contribution < -0.4 is 20.2 Å². The summed E-state index contributed by atoms with van der Waals surface area (Å²) in [4.78, 5) is 44.2. The Balaban J connectivity index is 1.87. The molecule has 162 valence electrons. The average molecular weight is 449 g/mol. The number of nitrogens with one attached hydrogen (secondary N) is 1. The highest BCUT2D eigenvalue weighted by Crippen LogP contribution is 2.33. The fourth-order valence-electron chi connectivity index (χ4n) is 4.16. The van der Waals surface area contributed by atoms with Crippen molar-refractivity contribution in [2.24, 2.45) is 12.0 Å². The summed E-state index contributed by atoms with van der Waals surface area (Å²) in [5.41, 5.74) is 3.46. The molecule has 2 aromatic heterocycles. The third kappa shape index (κ3) is 2.72. The number of amides is 1. The zero-order chi connectivity index (χ0) is 22.7. The fraction of sp³-hybridized carbons (Fsp3) is 0.227. The number of anilines is 1. The molecule has 1 aromatic carbocycles. The van der Waals surface area contributed by atoms with Crippen LogP contribution in [0.2, 0.25) is 0 Å². The number of thiazole rings is 1. The van der Waals surface area contributed by atoms with Crippen molar-refractivity contribution in [1.29, 1.82) is 0 Å². The van der Waals surface area contributed by atoms with Gasteiger partial charge in [-0.1, -0.05) is 29.5 Å². The first kappa shape index (κ1) is 20.1. The maximum atomic E-state index is 13.7. The minimum atomic E-state index is -0.763. The van der Waals surface area contributed by atoms with Gasteiger partial charge >= 0.3 is 5.97 Å². The third-order valence-corrected chi connectivity index (χ3v) is 6.92. The Hall–Kier alpha value is -3.79. The lowest BCUT2D eigenvalue weighted by molar-refractivity contribution is -0.136. The number of rotatable bonds is 2. The SMILES string of the molecule is COC(=O)C1=C(C)N=c2s/c(=C3\C(=O)Nc4ccccc43)c(=O)n2[C@H]1c1cnn(C)c1C. The Morgan fingerprint density at radius 2 is 1.97 bits per heavy atom. The largest absolute Gasteiger partial charge is 0.466 e. The van der Waals surface area contributed by atoms with Crippen LogP contribution in [0.4, 0.5) is 5.69 Å². The highest BCUT2D eigenvalue weighted by molar-refractivity contribution is 7.07.